The van der Waals surface area contributed by atoms with Crippen molar-refractivity contribution < 1.29 is 4.74 Å². The molecule has 110 valence electrons. The summed E-state index contributed by atoms with van der Waals surface area (Å²) in [6, 6.07) is 5.59. The highest BCUT2D eigenvalue weighted by molar-refractivity contribution is 6.31. The minimum atomic E-state index is 0.0518. The first kappa shape index (κ1) is 15.3. The van der Waals surface area contributed by atoms with Gasteiger partial charge in [0, 0.05) is 36.8 Å². The average Bonchev–Trinajstić information content (AvgIpc) is 2.43. The van der Waals surface area contributed by atoms with E-state index in [9.17, 15) is 0 Å². The number of rotatable bonds is 5. The third-order valence-corrected chi connectivity index (χ3v) is 4.05. The maximum absolute atomic E-state index is 7.41. The molecule has 0 unspecified atom stereocenters. The maximum Gasteiger partial charge on any atom is 0.122 e. The van der Waals surface area contributed by atoms with E-state index in [1.54, 1.807) is 6.07 Å². The topological polar surface area (TPSA) is 62.3 Å². The van der Waals surface area contributed by atoms with Crippen molar-refractivity contribution in [3.8, 4) is 0 Å². The number of nitrogens with one attached hydrogen (secondary N) is 1. The molecule has 1 aliphatic rings. The van der Waals surface area contributed by atoms with E-state index < -0.39 is 0 Å². The molecule has 0 spiro atoms. The van der Waals surface area contributed by atoms with Crippen LogP contribution >= 0.6 is 11.6 Å². The van der Waals surface area contributed by atoms with Gasteiger partial charge in [-0.1, -0.05) is 23.7 Å². The molecule has 0 amide bonds. The summed E-state index contributed by atoms with van der Waals surface area (Å²) in [4.78, 5) is 2.39. The van der Waals surface area contributed by atoms with Gasteiger partial charge >= 0.3 is 0 Å². The highest BCUT2D eigenvalue weighted by Gasteiger charge is 2.19. The van der Waals surface area contributed by atoms with Gasteiger partial charge in [-0.2, -0.15) is 0 Å². The Morgan fingerprint density at radius 1 is 1.45 bits per heavy atom. The number of likely N-dealkylation sites (tertiary alicyclic amines) is 1. The summed E-state index contributed by atoms with van der Waals surface area (Å²) in [5, 5.41) is 8.10. The number of piperidine rings is 1. The first-order valence-corrected chi connectivity index (χ1v) is 7.44. The largest absolute Gasteiger partial charge is 0.384 e. The molecular weight excluding hydrogens is 274 g/mol. The van der Waals surface area contributed by atoms with Crippen molar-refractivity contribution in [2.45, 2.75) is 32.4 Å². The molecule has 1 aromatic rings. The molecule has 20 heavy (non-hydrogen) atoms. The molecule has 0 atom stereocenters. The molecule has 0 saturated carbocycles. The van der Waals surface area contributed by atoms with Gasteiger partial charge in [-0.05, 0) is 31.4 Å². The Labute approximate surface area is 125 Å². The lowest BCUT2D eigenvalue weighted by molar-refractivity contribution is 0.0125. The third kappa shape index (κ3) is 3.95. The molecule has 5 heteroatoms. The second-order valence-corrected chi connectivity index (χ2v) is 5.56. The number of nitrogen functional groups attached to an aromatic ring is 1. The molecule has 4 nitrogen and oxygen atoms in total. The quantitative estimate of drug-likeness (QED) is 0.648. The van der Waals surface area contributed by atoms with Crippen molar-refractivity contribution in [1.29, 1.82) is 5.41 Å². The van der Waals surface area contributed by atoms with Crippen LogP contribution in [0.5, 0.6) is 0 Å². The summed E-state index contributed by atoms with van der Waals surface area (Å²) in [6.07, 6.45) is 2.57. The molecule has 1 saturated heterocycles. The first-order valence-electron chi connectivity index (χ1n) is 7.07. The second-order valence-electron chi connectivity index (χ2n) is 5.15. The number of nitrogens with two attached hydrogens (primary N) is 1. The molecule has 3 N–H and O–H groups in total. The lowest BCUT2D eigenvalue weighted by atomic mass is 10.1. The van der Waals surface area contributed by atoms with E-state index in [0.717, 1.165) is 44.6 Å². The number of ether oxygens (including phenoxy) is 1. The summed E-state index contributed by atoms with van der Waals surface area (Å²) < 4.78 is 5.66. The van der Waals surface area contributed by atoms with Gasteiger partial charge in [0.15, 0.2) is 0 Å². The Morgan fingerprint density at radius 2 is 2.15 bits per heavy atom. The number of benzene rings is 1. The summed E-state index contributed by atoms with van der Waals surface area (Å²) in [7, 11) is 0. The Bertz CT molecular complexity index is 470. The van der Waals surface area contributed by atoms with E-state index in [-0.39, 0.29) is 5.84 Å². The van der Waals surface area contributed by atoms with Crippen molar-refractivity contribution >= 4 is 17.4 Å². The summed E-state index contributed by atoms with van der Waals surface area (Å²) >= 11 is 6.27. The lowest BCUT2D eigenvalue weighted by Gasteiger charge is -2.31. The third-order valence-electron chi connectivity index (χ3n) is 3.69. The van der Waals surface area contributed by atoms with Crippen LogP contribution in [0.1, 0.15) is 30.9 Å². The monoisotopic (exact) mass is 295 g/mol. The fraction of sp³-hybridized carbons (Fsp3) is 0.533. The van der Waals surface area contributed by atoms with Gasteiger partial charge in [-0.15, -0.1) is 0 Å². The number of hydrogen-bond acceptors (Lipinski definition) is 3. The standard InChI is InChI=1S/C15H22ClN3O/c1-2-20-13-5-7-19(8-6-13)10-12-4-3-11(15(17)18)9-14(12)16/h3-4,9,13H,2,5-8,10H2,1H3,(H3,17,18). The van der Waals surface area contributed by atoms with Crippen LogP contribution in [0.4, 0.5) is 0 Å². The fourth-order valence-corrected chi connectivity index (χ4v) is 2.79. The molecule has 1 fully saturated rings. The molecule has 0 radical (unpaired) electrons. The summed E-state index contributed by atoms with van der Waals surface area (Å²) in [5.41, 5.74) is 7.23. The van der Waals surface area contributed by atoms with Crippen molar-refractivity contribution in [3.05, 3.63) is 34.3 Å². The van der Waals surface area contributed by atoms with Crippen molar-refractivity contribution in [1.82, 2.24) is 4.90 Å². The minimum Gasteiger partial charge on any atom is -0.384 e. The smallest absolute Gasteiger partial charge is 0.122 e. The van der Waals surface area contributed by atoms with Crippen LogP contribution in [0.15, 0.2) is 18.2 Å². The van der Waals surface area contributed by atoms with Gasteiger partial charge < -0.3 is 10.5 Å². The summed E-state index contributed by atoms with van der Waals surface area (Å²) in [6.45, 7) is 5.76. The maximum atomic E-state index is 7.41. The Balaban J connectivity index is 1.93. The van der Waals surface area contributed by atoms with E-state index in [4.69, 9.17) is 27.5 Å². The number of amidine groups is 1. The minimum absolute atomic E-state index is 0.0518. The number of nitrogens with zero attached hydrogens (tertiary/aromatic N) is 1. The normalized spacial score (nSPS) is 17.3. The van der Waals surface area contributed by atoms with Crippen LogP contribution < -0.4 is 5.73 Å². The van der Waals surface area contributed by atoms with Crippen LogP contribution in [0.3, 0.4) is 0 Å². The molecular formula is C15H22ClN3O. The fourth-order valence-electron chi connectivity index (χ4n) is 2.55. The van der Waals surface area contributed by atoms with E-state index in [1.807, 2.05) is 19.1 Å². The van der Waals surface area contributed by atoms with Gasteiger partial charge in [-0.3, -0.25) is 10.3 Å². The van der Waals surface area contributed by atoms with Gasteiger partial charge in [0.1, 0.15) is 5.84 Å². The Kier molecular flexibility index (Phi) is 5.40. The SMILES string of the molecule is CCOC1CCN(Cc2ccc(C(=N)N)cc2Cl)CC1. The van der Waals surface area contributed by atoms with Crippen LogP contribution in [0, 0.1) is 5.41 Å². The predicted molar refractivity (Wildman–Crippen MR) is 82.4 cm³/mol. The lowest BCUT2D eigenvalue weighted by Crippen LogP contribution is -2.36. The molecule has 1 aliphatic heterocycles. The zero-order valence-electron chi connectivity index (χ0n) is 11.9. The first-order chi connectivity index (χ1) is 9.60. The van der Waals surface area contributed by atoms with Gasteiger partial charge in [0.25, 0.3) is 0 Å². The zero-order valence-corrected chi connectivity index (χ0v) is 12.6. The molecule has 2 rings (SSSR count). The van der Waals surface area contributed by atoms with E-state index >= 15 is 0 Å². The van der Waals surface area contributed by atoms with Crippen LogP contribution in [0.25, 0.3) is 0 Å². The Hall–Kier alpha value is -1.10. The van der Waals surface area contributed by atoms with E-state index in [0.29, 0.717) is 16.7 Å². The van der Waals surface area contributed by atoms with Crippen molar-refractivity contribution in [2.75, 3.05) is 19.7 Å². The molecule has 1 aromatic carbocycles. The summed E-state index contributed by atoms with van der Waals surface area (Å²) in [5.74, 6) is 0.0518. The highest BCUT2D eigenvalue weighted by atomic mass is 35.5. The number of halogens is 1. The van der Waals surface area contributed by atoms with Gasteiger partial charge in [0.2, 0.25) is 0 Å². The molecule has 1 heterocycles. The second kappa shape index (κ2) is 7.07. The van der Waals surface area contributed by atoms with Crippen LogP contribution in [-0.4, -0.2) is 36.5 Å². The van der Waals surface area contributed by atoms with Crippen molar-refractivity contribution in [3.63, 3.8) is 0 Å². The van der Waals surface area contributed by atoms with Crippen LogP contribution in [-0.2, 0) is 11.3 Å². The van der Waals surface area contributed by atoms with Gasteiger partial charge in [0.05, 0.1) is 6.10 Å². The zero-order chi connectivity index (χ0) is 14.5. The van der Waals surface area contributed by atoms with E-state index in [1.165, 1.54) is 0 Å². The molecule has 0 bridgehead atoms. The number of hydrogen-bond donors (Lipinski definition) is 2. The Morgan fingerprint density at radius 3 is 2.70 bits per heavy atom. The molecule has 0 aromatic heterocycles. The molecule has 0 aliphatic carbocycles. The van der Waals surface area contributed by atoms with E-state index in [2.05, 4.69) is 4.90 Å². The predicted octanol–water partition coefficient (Wildman–Crippen LogP) is 2.62. The highest BCUT2D eigenvalue weighted by Crippen LogP contribution is 2.22. The van der Waals surface area contributed by atoms with Crippen LogP contribution in [0.2, 0.25) is 5.02 Å². The van der Waals surface area contributed by atoms with Crippen molar-refractivity contribution in [2.24, 2.45) is 5.73 Å². The van der Waals surface area contributed by atoms with Gasteiger partial charge in [-0.25, -0.2) is 0 Å². The average molecular weight is 296 g/mol.